The van der Waals surface area contributed by atoms with Crippen molar-refractivity contribution in [2.75, 3.05) is 13.2 Å². The molecule has 0 aliphatic heterocycles. The fourth-order valence-corrected chi connectivity index (χ4v) is 9.88. The van der Waals surface area contributed by atoms with E-state index in [1.54, 1.807) is 0 Å². The summed E-state index contributed by atoms with van der Waals surface area (Å²) in [6.07, 6.45) is 86.5. The second-order valence-electron chi connectivity index (χ2n) is 22.7. The third-order valence-electron chi connectivity index (χ3n) is 14.9. The van der Waals surface area contributed by atoms with E-state index in [1.807, 2.05) is 0 Å². The van der Waals surface area contributed by atoms with Gasteiger partial charge in [0.05, 0.1) is 0 Å². The number of ether oxygens (including phenoxy) is 3. The van der Waals surface area contributed by atoms with Gasteiger partial charge in [0, 0.05) is 19.3 Å². The molecule has 0 aromatic heterocycles. The molecule has 6 heteroatoms. The molecule has 0 aromatic rings. The topological polar surface area (TPSA) is 78.9 Å². The summed E-state index contributed by atoms with van der Waals surface area (Å²) < 4.78 is 16.9. The van der Waals surface area contributed by atoms with Crippen LogP contribution >= 0.6 is 0 Å². The van der Waals surface area contributed by atoms with Crippen molar-refractivity contribution in [2.45, 2.75) is 354 Å². The predicted octanol–water partition coefficient (Wildman–Crippen LogP) is 23.3. The highest BCUT2D eigenvalue weighted by molar-refractivity contribution is 5.71. The van der Waals surface area contributed by atoms with Gasteiger partial charge in [0.1, 0.15) is 13.2 Å². The van der Waals surface area contributed by atoms with E-state index in [4.69, 9.17) is 14.2 Å². The highest BCUT2D eigenvalue weighted by Crippen LogP contribution is 2.18. The molecule has 0 rings (SSSR count). The minimum atomic E-state index is -0.795. The molecule has 0 amide bonds. The molecule has 0 spiro atoms. The minimum absolute atomic E-state index is 0.0877. The van der Waals surface area contributed by atoms with Gasteiger partial charge >= 0.3 is 17.9 Å². The molecule has 0 N–H and O–H groups in total. The number of carbonyl (C=O) groups excluding carboxylic acids is 3. The molecule has 0 aromatic carbocycles. The smallest absolute Gasteiger partial charge is 0.306 e. The largest absolute Gasteiger partial charge is 0.462 e. The molecular weight excluding hydrogens is 961 g/mol. The monoisotopic (exact) mass is 1090 g/mol. The SMILES string of the molecule is CC/C=C\C/C=C\C/C=C\CCCCCC(=O)OCC(COC(=O)CCCCCCCCCCCCCCCCCCCCCCCCCCCCCC)OC(=O)CCCCCCCC/C=C\C/C=C\C/C=C\CCCCC. The lowest BCUT2D eigenvalue weighted by molar-refractivity contribution is -0.167. The molecule has 0 saturated heterocycles. The molecule has 452 valence electrons. The van der Waals surface area contributed by atoms with Crippen LogP contribution in [0.2, 0.25) is 0 Å². The maximum Gasteiger partial charge on any atom is 0.306 e. The Bertz CT molecular complexity index is 1440. The summed E-state index contributed by atoms with van der Waals surface area (Å²) in [5, 5.41) is 0. The van der Waals surface area contributed by atoms with Gasteiger partial charge in [0.2, 0.25) is 0 Å². The first-order valence-electron chi connectivity index (χ1n) is 33.9. The van der Waals surface area contributed by atoms with Crippen molar-refractivity contribution >= 4 is 17.9 Å². The van der Waals surface area contributed by atoms with Gasteiger partial charge < -0.3 is 14.2 Å². The Labute approximate surface area is 484 Å². The number of allylic oxidation sites excluding steroid dienone is 12. The highest BCUT2D eigenvalue weighted by atomic mass is 16.6. The van der Waals surface area contributed by atoms with Gasteiger partial charge in [-0.15, -0.1) is 0 Å². The van der Waals surface area contributed by atoms with Gasteiger partial charge in [-0.3, -0.25) is 14.4 Å². The van der Waals surface area contributed by atoms with E-state index in [0.717, 1.165) is 109 Å². The van der Waals surface area contributed by atoms with Crippen molar-refractivity contribution in [3.05, 3.63) is 72.9 Å². The summed E-state index contributed by atoms with van der Waals surface area (Å²) in [6, 6.07) is 0. The number of unbranched alkanes of at least 4 members (excludes halogenated alkanes) is 39. The molecule has 0 heterocycles. The second kappa shape index (κ2) is 66.4. The van der Waals surface area contributed by atoms with Crippen LogP contribution in [0.25, 0.3) is 0 Å². The molecular formula is C72H128O6. The van der Waals surface area contributed by atoms with Crippen LogP contribution in [0.4, 0.5) is 0 Å². The molecule has 6 nitrogen and oxygen atoms in total. The summed E-state index contributed by atoms with van der Waals surface area (Å²) >= 11 is 0. The fourth-order valence-electron chi connectivity index (χ4n) is 9.88. The summed E-state index contributed by atoms with van der Waals surface area (Å²) in [4.78, 5) is 38.3. The third-order valence-corrected chi connectivity index (χ3v) is 14.9. The maximum atomic E-state index is 12.9. The molecule has 0 aliphatic carbocycles. The molecule has 0 radical (unpaired) electrons. The van der Waals surface area contributed by atoms with Crippen molar-refractivity contribution in [3.63, 3.8) is 0 Å². The Morgan fingerprint density at radius 1 is 0.269 bits per heavy atom. The van der Waals surface area contributed by atoms with Crippen LogP contribution in [0, 0.1) is 0 Å². The first kappa shape index (κ1) is 74.8. The van der Waals surface area contributed by atoms with Crippen LogP contribution in [0.3, 0.4) is 0 Å². The summed E-state index contributed by atoms with van der Waals surface area (Å²) in [7, 11) is 0. The van der Waals surface area contributed by atoms with Crippen LogP contribution < -0.4 is 0 Å². The van der Waals surface area contributed by atoms with Crippen LogP contribution in [-0.4, -0.2) is 37.2 Å². The Morgan fingerprint density at radius 3 is 0.821 bits per heavy atom. The van der Waals surface area contributed by atoms with Crippen molar-refractivity contribution in [3.8, 4) is 0 Å². The highest BCUT2D eigenvalue weighted by Gasteiger charge is 2.19. The Morgan fingerprint density at radius 2 is 0.500 bits per heavy atom. The van der Waals surface area contributed by atoms with Gasteiger partial charge in [-0.05, 0) is 89.9 Å². The molecule has 0 bridgehead atoms. The Kier molecular flexibility index (Phi) is 63.7. The molecule has 0 aliphatic rings. The summed E-state index contributed by atoms with van der Waals surface area (Å²) in [6.45, 7) is 6.51. The zero-order valence-electron chi connectivity index (χ0n) is 51.9. The summed E-state index contributed by atoms with van der Waals surface area (Å²) in [5.41, 5.74) is 0. The molecule has 1 atom stereocenters. The number of carbonyl (C=O) groups is 3. The van der Waals surface area contributed by atoms with Gasteiger partial charge in [-0.2, -0.15) is 0 Å². The van der Waals surface area contributed by atoms with E-state index in [-0.39, 0.29) is 31.1 Å². The van der Waals surface area contributed by atoms with Crippen LogP contribution in [0.5, 0.6) is 0 Å². The molecule has 78 heavy (non-hydrogen) atoms. The lowest BCUT2D eigenvalue weighted by Gasteiger charge is -2.18. The zero-order chi connectivity index (χ0) is 56.4. The van der Waals surface area contributed by atoms with E-state index in [2.05, 4.69) is 93.7 Å². The van der Waals surface area contributed by atoms with Crippen molar-refractivity contribution in [2.24, 2.45) is 0 Å². The number of esters is 3. The van der Waals surface area contributed by atoms with Crippen LogP contribution in [0.15, 0.2) is 72.9 Å². The van der Waals surface area contributed by atoms with Crippen molar-refractivity contribution in [1.82, 2.24) is 0 Å². The lowest BCUT2D eigenvalue weighted by Crippen LogP contribution is -2.30. The first-order chi connectivity index (χ1) is 38.5. The average Bonchev–Trinajstić information content (AvgIpc) is 3.44. The second-order valence-corrected chi connectivity index (χ2v) is 22.7. The molecule has 1 unspecified atom stereocenters. The number of hydrogen-bond donors (Lipinski definition) is 0. The van der Waals surface area contributed by atoms with Crippen molar-refractivity contribution in [1.29, 1.82) is 0 Å². The standard InChI is InChI=1S/C72H128O6/c1-4-7-10-13-16-19-22-25-27-29-31-32-33-34-35-36-37-38-39-41-42-44-47-50-53-56-59-62-65-71(74)77-68-69(67-76-70(73)64-61-58-55-52-49-46-24-21-18-15-12-9-6-3)78-72(75)66-63-60-57-54-51-48-45-43-40-30-28-26-23-20-17-14-11-8-5-2/h9,12,17-18,20-21,26,28,40,43,46,49,69H,4-8,10-11,13-16,19,22-25,27,29-39,41-42,44-45,47-48,50-68H2,1-3H3/b12-9-,20-17-,21-18-,28-26-,43-40-,49-46-. The normalized spacial score (nSPS) is 12.5. The molecule has 0 saturated carbocycles. The van der Waals surface area contributed by atoms with E-state index in [9.17, 15) is 14.4 Å². The number of rotatable bonds is 62. The van der Waals surface area contributed by atoms with Gasteiger partial charge in [-0.1, -0.05) is 312 Å². The van der Waals surface area contributed by atoms with Crippen LogP contribution in [-0.2, 0) is 28.6 Å². The first-order valence-corrected chi connectivity index (χ1v) is 33.9. The van der Waals surface area contributed by atoms with Gasteiger partial charge in [0.15, 0.2) is 6.10 Å². The van der Waals surface area contributed by atoms with Gasteiger partial charge in [0.25, 0.3) is 0 Å². The van der Waals surface area contributed by atoms with E-state index >= 15 is 0 Å². The third kappa shape index (κ3) is 63.7. The number of hydrogen-bond acceptors (Lipinski definition) is 6. The van der Waals surface area contributed by atoms with E-state index in [1.165, 1.54) is 199 Å². The Balaban J connectivity index is 4.24. The Hall–Kier alpha value is -3.15. The predicted molar refractivity (Wildman–Crippen MR) is 339 cm³/mol. The maximum absolute atomic E-state index is 12.9. The van der Waals surface area contributed by atoms with Crippen molar-refractivity contribution < 1.29 is 28.6 Å². The summed E-state index contributed by atoms with van der Waals surface area (Å²) in [5.74, 6) is -0.915. The van der Waals surface area contributed by atoms with E-state index in [0.29, 0.717) is 19.3 Å². The van der Waals surface area contributed by atoms with E-state index < -0.39 is 6.10 Å². The van der Waals surface area contributed by atoms with Gasteiger partial charge in [-0.25, -0.2) is 0 Å². The lowest BCUT2D eigenvalue weighted by atomic mass is 10.0. The quantitative estimate of drug-likeness (QED) is 0.0261. The average molecular weight is 1090 g/mol. The minimum Gasteiger partial charge on any atom is -0.462 e. The van der Waals surface area contributed by atoms with Crippen LogP contribution in [0.1, 0.15) is 348 Å². The zero-order valence-corrected chi connectivity index (χ0v) is 51.9. The fraction of sp³-hybridized carbons (Fsp3) is 0.792. The molecule has 0 fully saturated rings.